The second-order valence-corrected chi connectivity index (χ2v) is 7.73. The smallest absolute Gasteiger partial charge is 0.119 e. The van der Waals surface area contributed by atoms with Crippen molar-refractivity contribution in [3.8, 4) is 5.75 Å². The van der Waals surface area contributed by atoms with Gasteiger partial charge in [0.15, 0.2) is 0 Å². The van der Waals surface area contributed by atoms with Gasteiger partial charge in [-0.1, -0.05) is 54.6 Å². The van der Waals surface area contributed by atoms with Gasteiger partial charge in [-0.05, 0) is 35.9 Å². The Morgan fingerprint density at radius 3 is 2.43 bits per heavy atom. The fourth-order valence-corrected chi connectivity index (χ4v) is 4.84. The molecule has 1 aliphatic heterocycles. The Labute approximate surface area is 177 Å². The van der Waals surface area contributed by atoms with E-state index in [1.54, 1.807) is 7.11 Å². The third kappa shape index (κ3) is 2.98. The maximum absolute atomic E-state index is 5.38. The van der Waals surface area contributed by atoms with Crippen molar-refractivity contribution in [2.24, 2.45) is 0 Å². The van der Waals surface area contributed by atoms with Crippen molar-refractivity contribution in [2.75, 3.05) is 18.6 Å². The topological polar surface area (TPSA) is 17.4 Å². The zero-order valence-electron chi connectivity index (χ0n) is 17.3. The zero-order chi connectivity index (χ0) is 20.5. The van der Waals surface area contributed by atoms with Crippen molar-refractivity contribution in [1.82, 2.24) is 4.57 Å². The van der Waals surface area contributed by atoms with Gasteiger partial charge in [-0.2, -0.15) is 0 Å². The van der Waals surface area contributed by atoms with E-state index in [9.17, 15) is 0 Å². The lowest BCUT2D eigenvalue weighted by molar-refractivity contribution is 0.414. The first-order valence-electron chi connectivity index (χ1n) is 10.5. The Morgan fingerprint density at radius 1 is 0.967 bits per heavy atom. The van der Waals surface area contributed by atoms with E-state index < -0.39 is 0 Å². The highest BCUT2D eigenvalue weighted by Gasteiger charge is 2.33. The Kier molecular flexibility index (Phi) is 4.80. The Morgan fingerprint density at radius 2 is 1.70 bits per heavy atom. The molecule has 0 aliphatic carbocycles. The van der Waals surface area contributed by atoms with E-state index in [1.165, 1.54) is 33.4 Å². The predicted octanol–water partition coefficient (Wildman–Crippen LogP) is 5.99. The van der Waals surface area contributed by atoms with E-state index in [4.69, 9.17) is 4.74 Å². The van der Waals surface area contributed by atoms with Crippen LogP contribution in [-0.4, -0.2) is 18.2 Å². The van der Waals surface area contributed by atoms with Crippen LogP contribution in [0, 0.1) is 0 Å². The number of benzene rings is 3. The van der Waals surface area contributed by atoms with Gasteiger partial charge in [0.25, 0.3) is 0 Å². The third-order valence-electron chi connectivity index (χ3n) is 6.13. The second-order valence-electron chi connectivity index (χ2n) is 7.73. The molecule has 5 rings (SSSR count). The number of allylic oxidation sites excluding steroid dienone is 1. The first-order valence-corrected chi connectivity index (χ1v) is 10.5. The number of nitrogens with zero attached hydrogens (tertiary/aromatic N) is 2. The van der Waals surface area contributed by atoms with Gasteiger partial charge in [-0.15, -0.1) is 6.58 Å². The van der Waals surface area contributed by atoms with Crippen molar-refractivity contribution in [2.45, 2.75) is 19.0 Å². The summed E-state index contributed by atoms with van der Waals surface area (Å²) in [4.78, 5) is 2.53. The minimum atomic E-state index is 0.166. The molecule has 1 aromatic heterocycles. The lowest BCUT2D eigenvalue weighted by atomic mass is 9.89. The molecule has 0 fully saturated rings. The molecule has 150 valence electrons. The summed E-state index contributed by atoms with van der Waals surface area (Å²) >= 11 is 0. The van der Waals surface area contributed by atoms with Crippen molar-refractivity contribution in [3.63, 3.8) is 0 Å². The number of hydrogen-bond donors (Lipinski definition) is 0. The van der Waals surface area contributed by atoms with Crippen molar-refractivity contribution < 1.29 is 4.74 Å². The average molecular weight is 395 g/mol. The summed E-state index contributed by atoms with van der Waals surface area (Å²) in [7, 11) is 1.71. The molecule has 1 unspecified atom stereocenters. The minimum Gasteiger partial charge on any atom is -0.497 e. The molecule has 0 saturated carbocycles. The van der Waals surface area contributed by atoms with Crippen LogP contribution in [0.5, 0.6) is 5.75 Å². The molecule has 0 saturated heterocycles. The van der Waals surface area contributed by atoms with Crippen LogP contribution in [0.15, 0.2) is 91.5 Å². The highest BCUT2D eigenvalue weighted by molar-refractivity contribution is 5.88. The first-order chi connectivity index (χ1) is 14.8. The van der Waals surface area contributed by atoms with Gasteiger partial charge in [0.1, 0.15) is 5.75 Å². The summed E-state index contributed by atoms with van der Waals surface area (Å²) in [5, 5.41) is 1.33. The summed E-state index contributed by atoms with van der Waals surface area (Å²) in [6.45, 7) is 5.80. The first kappa shape index (κ1) is 18.6. The number of hydrogen-bond acceptors (Lipinski definition) is 2. The molecule has 0 radical (unpaired) electrons. The zero-order valence-corrected chi connectivity index (χ0v) is 17.3. The van der Waals surface area contributed by atoms with E-state index in [-0.39, 0.29) is 6.04 Å². The molecule has 0 amide bonds. The van der Waals surface area contributed by atoms with E-state index in [1.807, 2.05) is 18.2 Å². The van der Waals surface area contributed by atoms with Crippen LogP contribution >= 0.6 is 0 Å². The average Bonchev–Trinajstić information content (AvgIpc) is 3.13. The highest BCUT2D eigenvalue weighted by atomic mass is 16.5. The fourth-order valence-electron chi connectivity index (χ4n) is 4.84. The van der Waals surface area contributed by atoms with Crippen LogP contribution in [0.25, 0.3) is 10.9 Å². The number of aromatic nitrogens is 1. The molecular weight excluding hydrogens is 368 g/mol. The Bertz CT molecular complexity index is 1170. The fraction of sp³-hybridized carbons (Fsp3) is 0.185. The van der Waals surface area contributed by atoms with Gasteiger partial charge in [0.2, 0.25) is 0 Å². The number of ether oxygens (including phenoxy) is 1. The van der Waals surface area contributed by atoms with Crippen LogP contribution < -0.4 is 9.64 Å². The van der Waals surface area contributed by atoms with E-state index in [0.717, 1.165) is 25.3 Å². The Balaban J connectivity index is 1.74. The largest absolute Gasteiger partial charge is 0.497 e. The molecule has 0 bridgehead atoms. The number of fused-ring (bicyclic) bond motifs is 3. The predicted molar refractivity (Wildman–Crippen MR) is 124 cm³/mol. The van der Waals surface area contributed by atoms with Crippen molar-refractivity contribution in [3.05, 3.63) is 108 Å². The Hall–Kier alpha value is -3.46. The van der Waals surface area contributed by atoms with Crippen LogP contribution in [0.4, 0.5) is 5.69 Å². The van der Waals surface area contributed by atoms with Crippen molar-refractivity contribution >= 4 is 16.6 Å². The number of rotatable bonds is 5. The van der Waals surface area contributed by atoms with Gasteiger partial charge in [0.05, 0.1) is 13.2 Å². The monoisotopic (exact) mass is 394 g/mol. The van der Waals surface area contributed by atoms with E-state index in [2.05, 4.69) is 82.8 Å². The highest BCUT2D eigenvalue weighted by Crippen LogP contribution is 2.43. The molecule has 0 N–H and O–H groups in total. The molecule has 4 aromatic rings. The van der Waals surface area contributed by atoms with Gasteiger partial charge in [0, 0.05) is 47.4 Å². The van der Waals surface area contributed by atoms with Crippen LogP contribution in [0.1, 0.15) is 22.9 Å². The molecule has 3 nitrogen and oxygen atoms in total. The van der Waals surface area contributed by atoms with Gasteiger partial charge >= 0.3 is 0 Å². The number of methoxy groups -OCH3 is 1. The standard InChI is InChI=1S/C27H26N2O/c1-3-18-29-24-12-8-7-11-23(24)26-25(29)17-19-28(21-13-15-22(30-2)16-14-21)27(26)20-9-5-4-6-10-20/h3-16,27H,1,17-19H2,2H3. The normalized spacial score (nSPS) is 15.8. The third-order valence-corrected chi connectivity index (χ3v) is 6.13. The quantitative estimate of drug-likeness (QED) is 0.387. The van der Waals surface area contributed by atoms with Crippen LogP contribution in [-0.2, 0) is 13.0 Å². The van der Waals surface area contributed by atoms with E-state index >= 15 is 0 Å². The van der Waals surface area contributed by atoms with Crippen molar-refractivity contribution in [1.29, 1.82) is 0 Å². The molecule has 0 spiro atoms. The van der Waals surface area contributed by atoms with E-state index in [0.29, 0.717) is 0 Å². The van der Waals surface area contributed by atoms with Gasteiger partial charge < -0.3 is 14.2 Å². The summed E-state index contributed by atoms with van der Waals surface area (Å²) in [6.07, 6.45) is 3.01. The van der Waals surface area contributed by atoms with Crippen LogP contribution in [0.2, 0.25) is 0 Å². The second kappa shape index (κ2) is 7.75. The number of anilines is 1. The molecule has 1 atom stereocenters. The van der Waals surface area contributed by atoms with Crippen LogP contribution in [0.3, 0.4) is 0 Å². The van der Waals surface area contributed by atoms with Gasteiger partial charge in [-0.3, -0.25) is 0 Å². The maximum Gasteiger partial charge on any atom is 0.119 e. The lowest BCUT2D eigenvalue weighted by Gasteiger charge is -2.39. The molecule has 2 heterocycles. The summed E-state index contributed by atoms with van der Waals surface area (Å²) < 4.78 is 7.82. The molecule has 30 heavy (non-hydrogen) atoms. The minimum absolute atomic E-state index is 0.166. The molecule has 3 heteroatoms. The molecule has 1 aliphatic rings. The van der Waals surface area contributed by atoms with Gasteiger partial charge in [-0.25, -0.2) is 0 Å². The molecule has 3 aromatic carbocycles. The SMILES string of the molecule is C=CCn1c2c(c3ccccc31)C(c1ccccc1)N(c1ccc(OC)cc1)CC2. The summed E-state index contributed by atoms with van der Waals surface area (Å²) in [6, 6.07) is 28.2. The lowest BCUT2D eigenvalue weighted by Crippen LogP contribution is -2.36. The summed E-state index contributed by atoms with van der Waals surface area (Å²) in [5.41, 5.74) is 6.67. The molecular formula is C27H26N2O. The summed E-state index contributed by atoms with van der Waals surface area (Å²) in [5.74, 6) is 0.885. The number of para-hydroxylation sites is 1. The maximum atomic E-state index is 5.38.